The molecule has 0 bridgehead atoms. The second kappa shape index (κ2) is 4.86. The zero-order valence-corrected chi connectivity index (χ0v) is 8.85. The molecule has 1 N–H and O–H groups in total. The van der Waals surface area contributed by atoms with Crippen LogP contribution in [0.3, 0.4) is 0 Å². The fourth-order valence-electron chi connectivity index (χ4n) is 0.707. The molecular formula is C10H18N2O. The Kier molecular flexibility index (Phi) is 4.47. The quantitative estimate of drug-likeness (QED) is 0.722. The molecule has 0 spiro atoms. The van der Waals surface area contributed by atoms with Crippen molar-refractivity contribution >= 4 is 5.91 Å². The Balaban J connectivity index is 3.78. The highest BCUT2D eigenvalue weighted by atomic mass is 16.1. The predicted octanol–water partition coefficient (Wildman–Crippen LogP) is 1.70. The standard InChI is InChI=1S/C10H18N2O/c1-8(10(2,3)4)7-12-9(13)5-6-11/h8H,5,7H2,1-4H3,(H,12,13). The number of nitrogens with zero attached hydrogens (tertiary/aromatic N) is 1. The average Bonchev–Trinajstić information content (AvgIpc) is 1.99. The van der Waals surface area contributed by atoms with Gasteiger partial charge in [0.1, 0.15) is 6.42 Å². The third-order valence-corrected chi connectivity index (χ3v) is 2.32. The van der Waals surface area contributed by atoms with E-state index in [-0.39, 0.29) is 17.7 Å². The molecule has 0 aliphatic carbocycles. The van der Waals surface area contributed by atoms with E-state index < -0.39 is 0 Å². The first-order chi connectivity index (χ1) is 5.88. The van der Waals surface area contributed by atoms with E-state index in [9.17, 15) is 4.79 Å². The predicted molar refractivity (Wildman–Crippen MR) is 51.9 cm³/mol. The number of carbonyl (C=O) groups is 1. The van der Waals surface area contributed by atoms with Crippen LogP contribution in [0.5, 0.6) is 0 Å². The Bertz CT molecular complexity index is 210. The van der Waals surface area contributed by atoms with Crippen LogP contribution in [0.4, 0.5) is 0 Å². The monoisotopic (exact) mass is 182 g/mol. The van der Waals surface area contributed by atoms with Crippen molar-refractivity contribution in [1.29, 1.82) is 5.26 Å². The molecule has 0 saturated carbocycles. The van der Waals surface area contributed by atoms with Gasteiger partial charge in [0.15, 0.2) is 0 Å². The Morgan fingerprint density at radius 2 is 2.08 bits per heavy atom. The third-order valence-electron chi connectivity index (χ3n) is 2.32. The number of amides is 1. The van der Waals surface area contributed by atoms with E-state index in [1.54, 1.807) is 0 Å². The maximum absolute atomic E-state index is 10.9. The summed E-state index contributed by atoms with van der Waals surface area (Å²) in [6.07, 6.45) is -0.0448. The molecule has 13 heavy (non-hydrogen) atoms. The summed E-state index contributed by atoms with van der Waals surface area (Å²) < 4.78 is 0. The van der Waals surface area contributed by atoms with Crippen molar-refractivity contribution in [2.75, 3.05) is 6.54 Å². The fourth-order valence-corrected chi connectivity index (χ4v) is 0.707. The Morgan fingerprint density at radius 3 is 2.46 bits per heavy atom. The van der Waals surface area contributed by atoms with E-state index in [2.05, 4.69) is 33.0 Å². The summed E-state index contributed by atoms with van der Waals surface area (Å²) in [7, 11) is 0. The molecule has 74 valence electrons. The molecule has 0 saturated heterocycles. The van der Waals surface area contributed by atoms with Crippen LogP contribution in [0.15, 0.2) is 0 Å². The Morgan fingerprint density at radius 1 is 1.54 bits per heavy atom. The maximum atomic E-state index is 10.9. The molecule has 0 rings (SSSR count). The zero-order valence-electron chi connectivity index (χ0n) is 8.85. The van der Waals surface area contributed by atoms with Gasteiger partial charge in [-0.1, -0.05) is 27.7 Å². The second-order valence-corrected chi connectivity index (χ2v) is 4.41. The van der Waals surface area contributed by atoms with E-state index in [0.717, 1.165) is 0 Å². The molecule has 1 unspecified atom stereocenters. The number of nitrogens with one attached hydrogen (secondary N) is 1. The lowest BCUT2D eigenvalue weighted by molar-refractivity contribution is -0.120. The molecule has 0 aliphatic rings. The van der Waals surface area contributed by atoms with Gasteiger partial charge >= 0.3 is 0 Å². The first-order valence-electron chi connectivity index (χ1n) is 4.51. The second-order valence-electron chi connectivity index (χ2n) is 4.41. The van der Waals surface area contributed by atoms with Crippen LogP contribution in [0, 0.1) is 22.7 Å². The van der Waals surface area contributed by atoms with Crippen molar-refractivity contribution in [2.24, 2.45) is 11.3 Å². The first-order valence-corrected chi connectivity index (χ1v) is 4.51. The van der Waals surface area contributed by atoms with Gasteiger partial charge in [0.25, 0.3) is 0 Å². The van der Waals surface area contributed by atoms with E-state index in [1.165, 1.54) is 0 Å². The number of carbonyl (C=O) groups excluding carboxylic acids is 1. The molecule has 0 aromatic rings. The van der Waals surface area contributed by atoms with Crippen molar-refractivity contribution in [3.8, 4) is 6.07 Å². The van der Waals surface area contributed by atoms with Gasteiger partial charge in [-0.25, -0.2) is 0 Å². The van der Waals surface area contributed by atoms with Crippen LogP contribution in [-0.4, -0.2) is 12.5 Å². The minimum Gasteiger partial charge on any atom is -0.355 e. The van der Waals surface area contributed by atoms with Gasteiger partial charge in [-0.05, 0) is 11.3 Å². The van der Waals surface area contributed by atoms with Crippen molar-refractivity contribution < 1.29 is 4.79 Å². The lowest BCUT2D eigenvalue weighted by Crippen LogP contribution is -2.33. The van der Waals surface area contributed by atoms with Gasteiger partial charge in [0, 0.05) is 6.54 Å². The average molecular weight is 182 g/mol. The molecule has 3 heteroatoms. The summed E-state index contributed by atoms with van der Waals surface area (Å²) in [4.78, 5) is 10.9. The summed E-state index contributed by atoms with van der Waals surface area (Å²) in [5.41, 5.74) is 0.194. The number of rotatable bonds is 3. The molecule has 1 atom stereocenters. The van der Waals surface area contributed by atoms with Gasteiger partial charge in [0.2, 0.25) is 5.91 Å². The molecule has 0 aromatic carbocycles. The normalized spacial score (nSPS) is 13.2. The topological polar surface area (TPSA) is 52.9 Å². The van der Waals surface area contributed by atoms with Gasteiger partial charge in [-0.3, -0.25) is 4.79 Å². The van der Waals surface area contributed by atoms with Gasteiger partial charge in [-0.2, -0.15) is 5.26 Å². The highest BCUT2D eigenvalue weighted by Gasteiger charge is 2.19. The lowest BCUT2D eigenvalue weighted by atomic mass is 9.82. The van der Waals surface area contributed by atoms with Gasteiger partial charge < -0.3 is 5.32 Å². The summed E-state index contributed by atoms with van der Waals surface area (Å²) in [5.74, 6) is 0.230. The molecule has 3 nitrogen and oxygen atoms in total. The highest BCUT2D eigenvalue weighted by Crippen LogP contribution is 2.24. The van der Waals surface area contributed by atoms with Gasteiger partial charge in [-0.15, -0.1) is 0 Å². The first kappa shape index (κ1) is 12.0. The van der Waals surface area contributed by atoms with E-state index in [0.29, 0.717) is 12.5 Å². The Labute approximate surface area is 80.1 Å². The molecule has 1 amide bonds. The molecule has 0 fully saturated rings. The van der Waals surface area contributed by atoms with Crippen LogP contribution in [0.2, 0.25) is 0 Å². The molecular weight excluding hydrogens is 164 g/mol. The zero-order chi connectivity index (χ0) is 10.5. The number of hydrogen-bond acceptors (Lipinski definition) is 2. The Hall–Kier alpha value is -1.04. The van der Waals surface area contributed by atoms with Crippen molar-refractivity contribution in [1.82, 2.24) is 5.32 Å². The minimum absolute atomic E-state index is 0.0448. The molecule has 0 aliphatic heterocycles. The van der Waals surface area contributed by atoms with E-state index in [1.807, 2.05) is 6.07 Å². The van der Waals surface area contributed by atoms with Crippen LogP contribution in [-0.2, 0) is 4.79 Å². The highest BCUT2D eigenvalue weighted by molar-refractivity contribution is 5.77. The SMILES string of the molecule is CC(CNC(=O)CC#N)C(C)(C)C. The number of hydrogen-bond donors (Lipinski definition) is 1. The molecule has 0 radical (unpaired) electrons. The summed E-state index contributed by atoms with van der Waals surface area (Å²) in [6.45, 7) is 9.13. The van der Waals surface area contributed by atoms with Crippen molar-refractivity contribution in [3.05, 3.63) is 0 Å². The van der Waals surface area contributed by atoms with Crippen LogP contribution in [0.25, 0.3) is 0 Å². The lowest BCUT2D eigenvalue weighted by Gasteiger charge is -2.27. The smallest absolute Gasteiger partial charge is 0.234 e. The van der Waals surface area contributed by atoms with Crippen LogP contribution in [0.1, 0.15) is 34.1 Å². The summed E-state index contributed by atoms with van der Waals surface area (Å²) in [5, 5.41) is 11.0. The van der Waals surface area contributed by atoms with E-state index in [4.69, 9.17) is 5.26 Å². The minimum atomic E-state index is -0.182. The summed E-state index contributed by atoms with van der Waals surface area (Å²) in [6, 6.07) is 1.82. The third kappa shape index (κ3) is 5.24. The fraction of sp³-hybridized carbons (Fsp3) is 0.800. The summed E-state index contributed by atoms with van der Waals surface area (Å²) >= 11 is 0. The van der Waals surface area contributed by atoms with Crippen LogP contribution >= 0.6 is 0 Å². The van der Waals surface area contributed by atoms with Crippen LogP contribution < -0.4 is 5.32 Å². The molecule has 0 aromatic heterocycles. The van der Waals surface area contributed by atoms with Crippen molar-refractivity contribution in [3.63, 3.8) is 0 Å². The van der Waals surface area contributed by atoms with Crippen molar-refractivity contribution in [2.45, 2.75) is 34.1 Å². The van der Waals surface area contributed by atoms with E-state index >= 15 is 0 Å². The molecule has 0 heterocycles. The van der Waals surface area contributed by atoms with Gasteiger partial charge in [0.05, 0.1) is 6.07 Å². The maximum Gasteiger partial charge on any atom is 0.234 e. The number of nitriles is 1. The largest absolute Gasteiger partial charge is 0.355 e.